The molecule has 1 fully saturated rings. The van der Waals surface area contributed by atoms with Gasteiger partial charge >= 0.3 is 0 Å². The second kappa shape index (κ2) is 6.46. The Kier molecular flexibility index (Phi) is 4.91. The summed E-state index contributed by atoms with van der Waals surface area (Å²) in [5.41, 5.74) is 7.35. The lowest BCUT2D eigenvalue weighted by Gasteiger charge is -2.36. The van der Waals surface area contributed by atoms with E-state index in [-0.39, 0.29) is 12.1 Å². The first-order valence-electron chi connectivity index (χ1n) is 7.16. The molecular weight excluding hydrogens is 236 g/mol. The fourth-order valence-corrected chi connectivity index (χ4v) is 3.13. The molecule has 3 atom stereocenters. The highest BCUT2D eigenvalue weighted by atomic mass is 15.3. The maximum Gasteiger partial charge on any atom is 0.0673 e. The van der Waals surface area contributed by atoms with E-state index in [1.807, 2.05) is 12.3 Å². The Bertz CT molecular complexity index is 377. The molecular formula is C15H26N4. The minimum Gasteiger partial charge on any atom is -0.326 e. The van der Waals surface area contributed by atoms with Crippen molar-refractivity contribution in [2.24, 2.45) is 5.73 Å². The van der Waals surface area contributed by atoms with Crippen molar-refractivity contribution in [3.05, 3.63) is 30.1 Å². The average Bonchev–Trinajstić information content (AvgIpc) is 2.78. The highest BCUT2D eigenvalue weighted by Gasteiger charge is 2.34. The van der Waals surface area contributed by atoms with Gasteiger partial charge in [-0.2, -0.15) is 0 Å². The zero-order chi connectivity index (χ0) is 13.8. The molecule has 1 aliphatic rings. The fraction of sp³-hybridized carbons (Fsp3) is 0.667. The molecule has 2 rings (SSSR count). The molecule has 0 aliphatic carbocycles. The molecule has 1 aromatic heterocycles. The first-order valence-corrected chi connectivity index (χ1v) is 7.16. The molecule has 0 spiro atoms. The summed E-state index contributed by atoms with van der Waals surface area (Å²) in [4.78, 5) is 9.34. The molecule has 4 heteroatoms. The topological polar surface area (TPSA) is 45.4 Å². The van der Waals surface area contributed by atoms with Crippen LogP contribution in [0.15, 0.2) is 24.4 Å². The van der Waals surface area contributed by atoms with Gasteiger partial charge in [0.2, 0.25) is 0 Å². The molecule has 1 aliphatic heterocycles. The van der Waals surface area contributed by atoms with Crippen LogP contribution in [0.2, 0.25) is 0 Å². The predicted octanol–water partition coefficient (Wildman–Crippen LogP) is 1.50. The van der Waals surface area contributed by atoms with E-state index in [1.54, 1.807) is 0 Å². The number of pyridine rings is 1. The number of aromatic nitrogens is 1. The van der Waals surface area contributed by atoms with Crippen LogP contribution in [0.3, 0.4) is 0 Å². The molecule has 3 unspecified atom stereocenters. The third-order valence-electron chi connectivity index (χ3n) is 3.84. The fourth-order valence-electron chi connectivity index (χ4n) is 3.13. The molecule has 0 aromatic carbocycles. The lowest BCUT2D eigenvalue weighted by Crippen LogP contribution is -2.45. The number of nitrogens with zero attached hydrogens (tertiary/aromatic N) is 3. The first kappa shape index (κ1) is 14.4. The number of hydrogen-bond acceptors (Lipinski definition) is 4. The highest BCUT2D eigenvalue weighted by molar-refractivity contribution is 5.12. The Balaban J connectivity index is 2.19. The Morgan fingerprint density at radius 2 is 2.26 bits per heavy atom. The molecule has 106 valence electrons. The van der Waals surface area contributed by atoms with Gasteiger partial charge in [-0.15, -0.1) is 0 Å². The molecule has 2 heterocycles. The molecule has 0 amide bonds. The average molecular weight is 262 g/mol. The van der Waals surface area contributed by atoms with Crippen molar-refractivity contribution >= 4 is 0 Å². The van der Waals surface area contributed by atoms with Crippen LogP contribution in [0.25, 0.3) is 0 Å². The zero-order valence-electron chi connectivity index (χ0n) is 12.3. The summed E-state index contributed by atoms with van der Waals surface area (Å²) < 4.78 is 0. The van der Waals surface area contributed by atoms with Crippen molar-refractivity contribution in [1.82, 2.24) is 14.8 Å². The Morgan fingerprint density at radius 1 is 1.47 bits per heavy atom. The van der Waals surface area contributed by atoms with Gasteiger partial charge in [0.25, 0.3) is 0 Å². The lowest BCUT2D eigenvalue weighted by molar-refractivity contribution is 0.134. The maximum absolute atomic E-state index is 6.25. The summed E-state index contributed by atoms with van der Waals surface area (Å²) in [6, 6.07) is 7.02. The predicted molar refractivity (Wildman–Crippen MR) is 78.9 cm³/mol. The summed E-state index contributed by atoms with van der Waals surface area (Å²) >= 11 is 0. The van der Waals surface area contributed by atoms with E-state index >= 15 is 0 Å². The SMILES string of the molecule is CC(N)C(c1ccccn1)N1CCCC1CN(C)C. The van der Waals surface area contributed by atoms with Gasteiger partial charge in [-0.25, -0.2) is 0 Å². The normalized spacial score (nSPS) is 23.7. The van der Waals surface area contributed by atoms with Crippen LogP contribution in [-0.2, 0) is 0 Å². The number of likely N-dealkylation sites (N-methyl/N-ethyl adjacent to an activating group) is 1. The van der Waals surface area contributed by atoms with E-state index in [4.69, 9.17) is 5.73 Å². The number of rotatable bonds is 5. The third kappa shape index (κ3) is 3.53. The van der Waals surface area contributed by atoms with E-state index in [9.17, 15) is 0 Å². The molecule has 4 nitrogen and oxygen atoms in total. The molecule has 19 heavy (non-hydrogen) atoms. The summed E-state index contributed by atoms with van der Waals surface area (Å²) in [6.45, 7) is 4.31. The molecule has 0 radical (unpaired) electrons. The van der Waals surface area contributed by atoms with E-state index < -0.39 is 0 Å². The first-order chi connectivity index (χ1) is 9.09. The third-order valence-corrected chi connectivity index (χ3v) is 3.84. The molecule has 1 saturated heterocycles. The van der Waals surface area contributed by atoms with Gasteiger partial charge in [-0.1, -0.05) is 6.07 Å². The van der Waals surface area contributed by atoms with Crippen LogP contribution < -0.4 is 5.73 Å². The summed E-state index contributed by atoms with van der Waals surface area (Å²) in [6.07, 6.45) is 4.38. The van der Waals surface area contributed by atoms with E-state index in [2.05, 4.69) is 47.9 Å². The van der Waals surface area contributed by atoms with Crippen LogP contribution in [0.1, 0.15) is 31.5 Å². The molecule has 1 aromatic rings. The van der Waals surface area contributed by atoms with Crippen LogP contribution in [0.4, 0.5) is 0 Å². The Hall–Kier alpha value is -0.970. The largest absolute Gasteiger partial charge is 0.326 e. The zero-order valence-corrected chi connectivity index (χ0v) is 12.3. The van der Waals surface area contributed by atoms with Crippen molar-refractivity contribution in [3.63, 3.8) is 0 Å². The summed E-state index contributed by atoms with van der Waals surface area (Å²) in [5.74, 6) is 0. The van der Waals surface area contributed by atoms with E-state index in [1.165, 1.54) is 12.8 Å². The van der Waals surface area contributed by atoms with E-state index in [0.717, 1.165) is 18.8 Å². The van der Waals surface area contributed by atoms with Crippen LogP contribution in [0, 0.1) is 0 Å². The molecule has 2 N–H and O–H groups in total. The maximum atomic E-state index is 6.25. The van der Waals surface area contributed by atoms with Crippen LogP contribution >= 0.6 is 0 Å². The molecule has 0 saturated carbocycles. The standard InChI is InChI=1S/C15H26N4/c1-12(16)15(14-8-4-5-9-17-14)19-10-6-7-13(19)11-18(2)3/h4-5,8-9,12-13,15H,6-7,10-11,16H2,1-3H3. The lowest BCUT2D eigenvalue weighted by atomic mass is 10.0. The molecule has 0 bridgehead atoms. The highest BCUT2D eigenvalue weighted by Crippen LogP contribution is 2.30. The van der Waals surface area contributed by atoms with Crippen molar-refractivity contribution in [2.45, 2.75) is 37.9 Å². The van der Waals surface area contributed by atoms with Crippen molar-refractivity contribution in [2.75, 3.05) is 27.2 Å². The smallest absolute Gasteiger partial charge is 0.0673 e. The minimum atomic E-state index is 0.0951. The monoisotopic (exact) mass is 262 g/mol. The van der Waals surface area contributed by atoms with Gasteiger partial charge in [-0.05, 0) is 52.5 Å². The van der Waals surface area contributed by atoms with E-state index in [0.29, 0.717) is 6.04 Å². The van der Waals surface area contributed by atoms with Gasteiger partial charge < -0.3 is 10.6 Å². The summed E-state index contributed by atoms with van der Waals surface area (Å²) in [7, 11) is 4.27. The minimum absolute atomic E-state index is 0.0951. The van der Waals surface area contributed by atoms with Crippen molar-refractivity contribution in [3.8, 4) is 0 Å². The van der Waals surface area contributed by atoms with Gasteiger partial charge in [0.15, 0.2) is 0 Å². The number of hydrogen-bond donors (Lipinski definition) is 1. The number of likely N-dealkylation sites (tertiary alicyclic amines) is 1. The van der Waals surface area contributed by atoms with Crippen molar-refractivity contribution in [1.29, 1.82) is 0 Å². The van der Waals surface area contributed by atoms with Crippen LogP contribution in [0.5, 0.6) is 0 Å². The quantitative estimate of drug-likeness (QED) is 0.873. The van der Waals surface area contributed by atoms with Crippen molar-refractivity contribution < 1.29 is 0 Å². The number of nitrogens with two attached hydrogens (primary N) is 1. The van der Waals surface area contributed by atoms with Gasteiger partial charge in [0, 0.05) is 24.8 Å². The second-order valence-corrected chi connectivity index (χ2v) is 5.85. The second-order valence-electron chi connectivity index (χ2n) is 5.85. The summed E-state index contributed by atoms with van der Waals surface area (Å²) in [5, 5.41) is 0. The van der Waals surface area contributed by atoms with Gasteiger partial charge in [0.1, 0.15) is 0 Å². The van der Waals surface area contributed by atoms with Gasteiger partial charge in [0.05, 0.1) is 11.7 Å². The Morgan fingerprint density at radius 3 is 2.84 bits per heavy atom. The Labute approximate surface area is 116 Å². The van der Waals surface area contributed by atoms with Gasteiger partial charge in [-0.3, -0.25) is 9.88 Å². The van der Waals surface area contributed by atoms with Crippen LogP contribution in [-0.4, -0.2) is 54.1 Å².